The van der Waals surface area contributed by atoms with Crippen LogP contribution in [0.5, 0.6) is 17.4 Å². The van der Waals surface area contributed by atoms with E-state index >= 15 is 0 Å². The lowest BCUT2D eigenvalue weighted by Gasteiger charge is -2.12. The number of aromatic amines is 1. The van der Waals surface area contributed by atoms with Gasteiger partial charge in [-0.2, -0.15) is 0 Å². The predicted octanol–water partition coefficient (Wildman–Crippen LogP) is 3.00. The van der Waals surface area contributed by atoms with Gasteiger partial charge in [0, 0.05) is 0 Å². The molecule has 0 aliphatic rings. The quantitative estimate of drug-likeness (QED) is 0.930. The second kappa shape index (κ2) is 5.77. The number of methoxy groups -OCH3 is 1. The zero-order chi connectivity index (χ0) is 14.7. The van der Waals surface area contributed by atoms with E-state index in [1.54, 1.807) is 0 Å². The van der Waals surface area contributed by atoms with Gasteiger partial charge in [0.2, 0.25) is 5.75 Å². The van der Waals surface area contributed by atoms with Crippen LogP contribution in [-0.4, -0.2) is 17.1 Å². The van der Waals surface area contributed by atoms with Gasteiger partial charge in [-0.05, 0) is 36.1 Å². The van der Waals surface area contributed by atoms with E-state index in [1.807, 2.05) is 25.1 Å². The molecule has 20 heavy (non-hydrogen) atoms. The normalized spacial score (nSPS) is 10.7. The van der Waals surface area contributed by atoms with Gasteiger partial charge in [-0.15, -0.1) is 0 Å². The zero-order valence-electron chi connectivity index (χ0n) is 12.1. The minimum atomic E-state index is -0.368. The highest BCUT2D eigenvalue weighted by atomic mass is 16.5. The molecule has 1 N–H and O–H groups in total. The fourth-order valence-electron chi connectivity index (χ4n) is 2.09. The van der Waals surface area contributed by atoms with E-state index in [4.69, 9.17) is 9.47 Å². The van der Waals surface area contributed by atoms with E-state index < -0.39 is 0 Å². The van der Waals surface area contributed by atoms with E-state index in [-0.39, 0.29) is 17.2 Å². The number of rotatable bonds is 4. The van der Waals surface area contributed by atoms with E-state index in [0.29, 0.717) is 11.7 Å². The number of ether oxygens (including phenoxy) is 2. The zero-order valence-corrected chi connectivity index (χ0v) is 12.1. The Kier molecular flexibility index (Phi) is 4.08. The molecule has 0 unspecified atom stereocenters. The van der Waals surface area contributed by atoms with Crippen molar-refractivity contribution >= 4 is 0 Å². The van der Waals surface area contributed by atoms with Crippen molar-refractivity contribution in [3.63, 3.8) is 0 Å². The van der Waals surface area contributed by atoms with Crippen molar-refractivity contribution < 1.29 is 9.47 Å². The highest BCUT2D eigenvalue weighted by molar-refractivity contribution is 5.40. The molecule has 0 atom stereocenters. The van der Waals surface area contributed by atoms with Crippen molar-refractivity contribution in [2.45, 2.75) is 26.7 Å². The van der Waals surface area contributed by atoms with Gasteiger partial charge in [0.25, 0.3) is 11.4 Å². The molecule has 5 nitrogen and oxygen atoms in total. The Bertz CT molecular complexity index is 662. The van der Waals surface area contributed by atoms with Crippen LogP contribution in [0.15, 0.2) is 29.3 Å². The van der Waals surface area contributed by atoms with Crippen LogP contribution in [-0.2, 0) is 0 Å². The molecule has 0 fully saturated rings. The summed E-state index contributed by atoms with van der Waals surface area (Å²) in [6.07, 6.45) is 1.29. The lowest BCUT2D eigenvalue weighted by molar-refractivity contribution is 0.363. The first-order valence-electron chi connectivity index (χ1n) is 6.43. The highest BCUT2D eigenvalue weighted by Crippen LogP contribution is 2.28. The number of nitrogens with zero attached hydrogens (tertiary/aromatic N) is 1. The van der Waals surface area contributed by atoms with Crippen molar-refractivity contribution in [2.75, 3.05) is 7.11 Å². The van der Waals surface area contributed by atoms with Crippen LogP contribution in [0.2, 0.25) is 0 Å². The molecule has 106 valence electrons. The van der Waals surface area contributed by atoms with Crippen molar-refractivity contribution in [1.82, 2.24) is 9.97 Å². The van der Waals surface area contributed by atoms with Crippen molar-refractivity contribution in [3.8, 4) is 17.4 Å². The van der Waals surface area contributed by atoms with E-state index in [0.717, 1.165) is 5.56 Å². The molecular weight excluding hydrogens is 256 g/mol. The van der Waals surface area contributed by atoms with Crippen LogP contribution in [0.1, 0.15) is 30.9 Å². The molecular formula is C15H18N2O3. The van der Waals surface area contributed by atoms with Gasteiger partial charge < -0.3 is 14.5 Å². The molecule has 5 heteroatoms. The predicted molar refractivity (Wildman–Crippen MR) is 76.8 cm³/mol. The number of hydrogen-bond donors (Lipinski definition) is 1. The average molecular weight is 274 g/mol. The third-order valence-electron chi connectivity index (χ3n) is 3.06. The molecule has 0 amide bonds. The summed E-state index contributed by atoms with van der Waals surface area (Å²) >= 11 is 0. The minimum absolute atomic E-state index is 0.0677. The number of aryl methyl sites for hydroxylation is 1. The maximum absolute atomic E-state index is 11.6. The Hall–Kier alpha value is -2.30. The third-order valence-corrected chi connectivity index (χ3v) is 3.06. The molecule has 0 aliphatic heterocycles. The Morgan fingerprint density at radius 2 is 2.05 bits per heavy atom. The van der Waals surface area contributed by atoms with Gasteiger partial charge in [-0.1, -0.05) is 19.9 Å². The van der Waals surface area contributed by atoms with Crippen LogP contribution in [0.3, 0.4) is 0 Å². The Labute approximate surface area is 117 Å². The summed E-state index contributed by atoms with van der Waals surface area (Å²) in [6.45, 7) is 6.32. The standard InChI is InChI=1S/C15H18N2O3/c1-9(2)12-6-5-11(7-10(12)3)20-15-13(19-4)14(18)16-8-17-15/h5-9H,1-4H3,(H,16,17,18). The fourth-order valence-corrected chi connectivity index (χ4v) is 2.09. The molecule has 2 aromatic rings. The highest BCUT2D eigenvalue weighted by Gasteiger charge is 2.12. The summed E-state index contributed by atoms with van der Waals surface area (Å²) in [4.78, 5) is 18.0. The van der Waals surface area contributed by atoms with Gasteiger partial charge in [0.1, 0.15) is 5.75 Å². The van der Waals surface area contributed by atoms with Gasteiger partial charge in [-0.25, -0.2) is 4.98 Å². The van der Waals surface area contributed by atoms with Gasteiger partial charge >= 0.3 is 0 Å². The van der Waals surface area contributed by atoms with Crippen LogP contribution in [0, 0.1) is 6.92 Å². The van der Waals surface area contributed by atoms with Gasteiger partial charge in [0.15, 0.2) is 0 Å². The second-order valence-electron chi connectivity index (χ2n) is 4.85. The molecule has 0 aliphatic carbocycles. The van der Waals surface area contributed by atoms with Gasteiger partial charge in [-0.3, -0.25) is 4.79 Å². The third kappa shape index (κ3) is 2.82. The number of aromatic nitrogens is 2. The second-order valence-corrected chi connectivity index (χ2v) is 4.85. The first kappa shape index (κ1) is 14.1. The smallest absolute Gasteiger partial charge is 0.297 e. The maximum Gasteiger partial charge on any atom is 0.297 e. The first-order valence-corrected chi connectivity index (χ1v) is 6.43. The molecule has 0 spiro atoms. The summed E-state index contributed by atoms with van der Waals surface area (Å²) in [5.41, 5.74) is 2.04. The number of H-pyrrole nitrogens is 1. The lowest BCUT2D eigenvalue weighted by Crippen LogP contribution is -2.11. The molecule has 0 saturated carbocycles. The number of benzene rings is 1. The van der Waals surface area contributed by atoms with E-state index in [2.05, 4.69) is 23.8 Å². The summed E-state index contributed by atoms with van der Waals surface area (Å²) in [6, 6.07) is 5.82. The van der Waals surface area contributed by atoms with Crippen LogP contribution in [0.25, 0.3) is 0 Å². The summed E-state index contributed by atoms with van der Waals surface area (Å²) in [5, 5.41) is 0. The van der Waals surface area contributed by atoms with Crippen molar-refractivity contribution in [3.05, 3.63) is 46.0 Å². The Morgan fingerprint density at radius 3 is 2.65 bits per heavy atom. The number of hydrogen-bond acceptors (Lipinski definition) is 4. The monoisotopic (exact) mass is 274 g/mol. The molecule has 0 radical (unpaired) electrons. The largest absolute Gasteiger partial charge is 0.487 e. The maximum atomic E-state index is 11.6. The molecule has 0 bridgehead atoms. The average Bonchev–Trinajstić information content (AvgIpc) is 2.38. The van der Waals surface area contributed by atoms with Gasteiger partial charge in [0.05, 0.1) is 13.4 Å². The molecule has 2 rings (SSSR count). The van der Waals surface area contributed by atoms with Crippen molar-refractivity contribution in [1.29, 1.82) is 0 Å². The number of nitrogens with one attached hydrogen (secondary N) is 1. The van der Waals surface area contributed by atoms with Crippen LogP contribution < -0.4 is 15.0 Å². The van der Waals surface area contributed by atoms with Crippen molar-refractivity contribution in [2.24, 2.45) is 0 Å². The molecule has 1 heterocycles. The minimum Gasteiger partial charge on any atom is -0.487 e. The first-order chi connectivity index (χ1) is 9.52. The fraction of sp³-hybridized carbons (Fsp3) is 0.333. The Morgan fingerprint density at radius 1 is 1.30 bits per heavy atom. The topological polar surface area (TPSA) is 64.2 Å². The summed E-state index contributed by atoms with van der Waals surface area (Å²) in [7, 11) is 1.41. The summed E-state index contributed by atoms with van der Waals surface area (Å²) < 4.78 is 10.6. The summed E-state index contributed by atoms with van der Waals surface area (Å²) in [5.74, 6) is 1.31. The molecule has 1 aromatic carbocycles. The SMILES string of the molecule is COc1c(Oc2ccc(C(C)C)c(C)c2)nc[nH]c1=O. The molecule has 1 aromatic heterocycles. The Balaban J connectivity index is 2.34. The van der Waals surface area contributed by atoms with E-state index in [9.17, 15) is 4.79 Å². The lowest BCUT2D eigenvalue weighted by atomic mass is 9.98. The molecule has 0 saturated heterocycles. The van der Waals surface area contributed by atoms with Crippen LogP contribution >= 0.6 is 0 Å². The van der Waals surface area contributed by atoms with E-state index in [1.165, 1.54) is 19.0 Å². The van der Waals surface area contributed by atoms with Crippen LogP contribution in [0.4, 0.5) is 0 Å².